The molecule has 0 saturated carbocycles. The lowest BCUT2D eigenvalue weighted by molar-refractivity contribution is -0.275. The van der Waals surface area contributed by atoms with Crippen molar-refractivity contribution in [2.75, 3.05) is 0 Å². The number of hydrogen-bond acceptors (Lipinski definition) is 4. The number of ether oxygens (including phenoxy) is 2. The lowest BCUT2D eigenvalue weighted by Gasteiger charge is -2.07. The van der Waals surface area contributed by atoms with Crippen LogP contribution in [0.5, 0.6) is 11.5 Å². The first-order valence-corrected chi connectivity index (χ1v) is 12.6. The van der Waals surface area contributed by atoms with Gasteiger partial charge in [-0.3, -0.25) is 9.59 Å². The Morgan fingerprint density at radius 2 is 0.884 bits per heavy atom. The molecule has 4 rings (SSSR count). The number of hydrogen-bond donors (Lipinski definition) is 0. The molecule has 4 aromatic carbocycles. The van der Waals surface area contributed by atoms with Crippen LogP contribution in [0.3, 0.4) is 0 Å². The van der Waals surface area contributed by atoms with Crippen molar-refractivity contribution < 1.29 is 45.4 Å². The molecule has 0 spiro atoms. The third-order valence-corrected chi connectivity index (χ3v) is 5.28. The summed E-state index contributed by atoms with van der Waals surface area (Å²) >= 11 is 3.26. The highest BCUT2D eigenvalue weighted by atomic mass is 79.9. The molecule has 0 aliphatic carbocycles. The van der Waals surface area contributed by atoms with E-state index in [4.69, 9.17) is 6.42 Å². The van der Waals surface area contributed by atoms with Crippen molar-refractivity contribution in [1.82, 2.24) is 0 Å². The number of aldehydes is 2. The van der Waals surface area contributed by atoms with Gasteiger partial charge in [0, 0.05) is 32.3 Å². The van der Waals surface area contributed by atoms with E-state index in [1.807, 2.05) is 12.1 Å². The SMILES string of the molecule is C#Cc1ccc(OC(F)(F)F)cc1.O=Cc1ccc(Br)cc1.O=Cc1ccc(C#Cc2ccc(OC(F)(F)F)cc2)cc1. The van der Waals surface area contributed by atoms with E-state index in [9.17, 15) is 35.9 Å². The Kier molecular flexibility index (Phi) is 13.1. The zero-order valence-corrected chi connectivity index (χ0v) is 23.3. The maximum Gasteiger partial charge on any atom is 0.573 e. The molecular weight excluding hydrogens is 642 g/mol. The number of rotatable bonds is 4. The first kappa shape index (κ1) is 34.2. The second-order valence-corrected chi connectivity index (χ2v) is 8.86. The van der Waals surface area contributed by atoms with Crippen molar-refractivity contribution in [3.8, 4) is 35.7 Å². The summed E-state index contributed by atoms with van der Waals surface area (Å²) in [5.41, 5.74) is 3.03. The van der Waals surface area contributed by atoms with Gasteiger partial charge in [0.25, 0.3) is 0 Å². The fourth-order valence-electron chi connectivity index (χ4n) is 2.82. The average molecular weight is 661 g/mol. The summed E-state index contributed by atoms with van der Waals surface area (Å²) in [7, 11) is 0. The van der Waals surface area contributed by atoms with Gasteiger partial charge >= 0.3 is 12.7 Å². The van der Waals surface area contributed by atoms with Crippen molar-refractivity contribution >= 4 is 28.5 Å². The average Bonchev–Trinajstić information content (AvgIpc) is 2.97. The van der Waals surface area contributed by atoms with Gasteiger partial charge in [-0.2, -0.15) is 0 Å². The zero-order valence-electron chi connectivity index (χ0n) is 21.7. The lowest BCUT2D eigenvalue weighted by atomic mass is 10.1. The van der Waals surface area contributed by atoms with Gasteiger partial charge in [0.15, 0.2) is 0 Å². The molecule has 0 bridgehead atoms. The number of halogens is 7. The number of terminal acetylenes is 1. The first-order valence-electron chi connectivity index (χ1n) is 11.8. The fourth-order valence-corrected chi connectivity index (χ4v) is 3.09. The third kappa shape index (κ3) is 14.5. The predicted molar refractivity (Wildman–Crippen MR) is 152 cm³/mol. The van der Waals surface area contributed by atoms with Crippen LogP contribution in [0, 0.1) is 24.2 Å². The smallest absolute Gasteiger partial charge is 0.406 e. The molecule has 0 aromatic heterocycles. The molecule has 0 saturated heterocycles. The van der Waals surface area contributed by atoms with Gasteiger partial charge < -0.3 is 9.47 Å². The number of carbonyl (C=O) groups is 2. The van der Waals surface area contributed by atoms with Crippen LogP contribution in [0.1, 0.15) is 37.4 Å². The summed E-state index contributed by atoms with van der Waals surface area (Å²) in [5, 5.41) is 0. The van der Waals surface area contributed by atoms with Crippen LogP contribution >= 0.6 is 15.9 Å². The third-order valence-electron chi connectivity index (χ3n) is 4.75. The van der Waals surface area contributed by atoms with E-state index in [1.54, 1.807) is 36.4 Å². The second kappa shape index (κ2) is 16.4. The Morgan fingerprint density at radius 1 is 0.558 bits per heavy atom. The minimum atomic E-state index is -4.70. The van der Waals surface area contributed by atoms with Crippen LogP contribution in [0.25, 0.3) is 0 Å². The highest BCUT2D eigenvalue weighted by Gasteiger charge is 2.31. The van der Waals surface area contributed by atoms with Gasteiger partial charge in [0.2, 0.25) is 0 Å². The molecule has 0 fully saturated rings. The molecule has 0 unspecified atom stereocenters. The minimum absolute atomic E-state index is 0.272. The van der Waals surface area contributed by atoms with E-state index in [0.717, 1.165) is 17.0 Å². The van der Waals surface area contributed by atoms with Crippen LogP contribution in [0.4, 0.5) is 26.3 Å². The second-order valence-electron chi connectivity index (χ2n) is 7.95. The summed E-state index contributed by atoms with van der Waals surface area (Å²) in [5.74, 6) is 7.38. The van der Waals surface area contributed by atoms with Crippen molar-refractivity contribution in [1.29, 1.82) is 0 Å². The highest BCUT2D eigenvalue weighted by Crippen LogP contribution is 2.23. The molecule has 43 heavy (non-hydrogen) atoms. The van der Waals surface area contributed by atoms with Gasteiger partial charge in [0.1, 0.15) is 24.1 Å². The topological polar surface area (TPSA) is 52.6 Å². The molecule has 0 radical (unpaired) electrons. The van der Waals surface area contributed by atoms with E-state index < -0.39 is 12.7 Å². The summed E-state index contributed by atoms with van der Waals surface area (Å²) in [6.07, 6.45) is -2.78. The molecule has 0 heterocycles. The number of carbonyl (C=O) groups excluding carboxylic acids is 2. The van der Waals surface area contributed by atoms with Crippen LogP contribution in [-0.4, -0.2) is 25.3 Å². The van der Waals surface area contributed by atoms with Crippen molar-refractivity contribution in [2.45, 2.75) is 12.7 Å². The predicted octanol–water partition coefficient (Wildman–Crippen LogP) is 8.63. The van der Waals surface area contributed by atoms with Gasteiger partial charge in [-0.05, 0) is 72.8 Å². The molecule has 4 aromatic rings. The van der Waals surface area contributed by atoms with E-state index in [2.05, 4.69) is 43.2 Å². The Bertz CT molecular complexity index is 1560. The summed E-state index contributed by atoms with van der Waals surface area (Å²) in [4.78, 5) is 20.6. The Morgan fingerprint density at radius 3 is 1.21 bits per heavy atom. The van der Waals surface area contributed by atoms with Gasteiger partial charge in [-0.25, -0.2) is 0 Å². The lowest BCUT2D eigenvalue weighted by Crippen LogP contribution is -2.16. The largest absolute Gasteiger partial charge is 0.573 e. The van der Waals surface area contributed by atoms with E-state index in [0.29, 0.717) is 27.8 Å². The summed E-state index contributed by atoms with van der Waals surface area (Å²) in [6.45, 7) is 0. The van der Waals surface area contributed by atoms with E-state index in [1.165, 1.54) is 48.5 Å². The van der Waals surface area contributed by atoms with Gasteiger partial charge in [0.05, 0.1) is 0 Å². The Labute approximate surface area is 251 Å². The molecule has 0 N–H and O–H groups in total. The molecule has 0 amide bonds. The first-order chi connectivity index (χ1) is 20.3. The number of benzene rings is 4. The molecule has 11 heteroatoms. The number of alkyl halides is 6. The van der Waals surface area contributed by atoms with Crippen LogP contribution in [0.15, 0.2) is 102 Å². The van der Waals surface area contributed by atoms with Gasteiger partial charge in [-0.15, -0.1) is 32.8 Å². The van der Waals surface area contributed by atoms with Crippen molar-refractivity contribution in [2.24, 2.45) is 0 Å². The van der Waals surface area contributed by atoms with E-state index in [-0.39, 0.29) is 11.5 Å². The molecule has 0 aliphatic rings. The maximum absolute atomic E-state index is 12.0. The minimum Gasteiger partial charge on any atom is -0.406 e. The van der Waals surface area contributed by atoms with Crippen LogP contribution in [-0.2, 0) is 0 Å². The van der Waals surface area contributed by atoms with Gasteiger partial charge in [-0.1, -0.05) is 58.0 Å². The van der Waals surface area contributed by atoms with E-state index >= 15 is 0 Å². The molecule has 0 atom stereocenters. The zero-order chi connectivity index (χ0) is 31.9. The Balaban J connectivity index is 0.000000249. The molecular formula is C32H19BrF6O4. The van der Waals surface area contributed by atoms with Crippen LogP contribution < -0.4 is 9.47 Å². The van der Waals surface area contributed by atoms with Crippen molar-refractivity contribution in [3.05, 3.63) is 129 Å². The maximum atomic E-state index is 12.0. The molecule has 4 nitrogen and oxygen atoms in total. The monoisotopic (exact) mass is 660 g/mol. The fraction of sp³-hybridized carbons (Fsp3) is 0.0625. The molecule has 0 aliphatic heterocycles. The Hall–Kier alpha value is -5.00. The molecule has 220 valence electrons. The summed E-state index contributed by atoms with van der Waals surface area (Å²) < 4.78 is 79.4. The van der Waals surface area contributed by atoms with Crippen molar-refractivity contribution in [3.63, 3.8) is 0 Å². The highest BCUT2D eigenvalue weighted by molar-refractivity contribution is 9.10. The van der Waals surface area contributed by atoms with Crippen LogP contribution in [0.2, 0.25) is 0 Å². The standard InChI is InChI=1S/C16H9F3O2.C9H5F3O.C7H5BrO/c17-16(18,19)21-15-9-7-13(8-10-15)2-1-12-3-5-14(11-20)6-4-12;1-2-7-3-5-8(6-4-7)13-9(10,11)12;8-7-3-1-6(5-9)2-4-7/h3-11H;1,3-6H;1-5H. The quantitative estimate of drug-likeness (QED) is 0.125. The summed E-state index contributed by atoms with van der Waals surface area (Å²) in [6, 6.07) is 24.2. The normalized spacial score (nSPS) is 10.2.